The van der Waals surface area contributed by atoms with E-state index in [1.54, 1.807) is 0 Å². The number of aliphatic hydroxyl groups is 2. The molecular formula is C7H12N6O4. The molecule has 0 amide bonds. The molecule has 1 heterocycles. The first-order chi connectivity index (χ1) is 8.15. The molecule has 1 aliphatic rings. The molecule has 0 radical (unpaired) electrons. The number of nitrogens with zero attached hydrogens (tertiary/aromatic N) is 6. The lowest BCUT2D eigenvalue weighted by Crippen LogP contribution is -2.58. The Kier molecular flexibility index (Phi) is 4.98. The van der Waals surface area contributed by atoms with Gasteiger partial charge in [-0.1, -0.05) is 10.2 Å². The number of azide groups is 2. The monoisotopic (exact) mass is 244 g/mol. The lowest BCUT2D eigenvalue weighted by Gasteiger charge is -2.39. The van der Waals surface area contributed by atoms with E-state index in [0.29, 0.717) is 0 Å². The van der Waals surface area contributed by atoms with Crippen molar-refractivity contribution in [2.45, 2.75) is 30.6 Å². The Morgan fingerprint density at radius 2 is 2.00 bits per heavy atom. The van der Waals surface area contributed by atoms with Gasteiger partial charge in [0.15, 0.2) is 6.29 Å². The minimum atomic E-state index is -1.34. The van der Waals surface area contributed by atoms with Crippen molar-refractivity contribution in [2.75, 3.05) is 13.7 Å². The van der Waals surface area contributed by atoms with Crippen LogP contribution in [0.15, 0.2) is 10.2 Å². The summed E-state index contributed by atoms with van der Waals surface area (Å²) in [5, 5.41) is 26.0. The zero-order valence-electron chi connectivity index (χ0n) is 8.99. The number of methoxy groups -OCH3 is 1. The van der Waals surface area contributed by atoms with E-state index in [9.17, 15) is 10.2 Å². The van der Waals surface area contributed by atoms with Gasteiger partial charge < -0.3 is 19.7 Å². The lowest BCUT2D eigenvalue weighted by atomic mass is 9.97. The fourth-order valence-corrected chi connectivity index (χ4v) is 1.56. The summed E-state index contributed by atoms with van der Waals surface area (Å²) in [5.74, 6) is 0. The second-order valence-electron chi connectivity index (χ2n) is 3.37. The van der Waals surface area contributed by atoms with Crippen LogP contribution in [0.1, 0.15) is 0 Å². The van der Waals surface area contributed by atoms with Crippen LogP contribution in [0.5, 0.6) is 0 Å². The van der Waals surface area contributed by atoms with Gasteiger partial charge in [0.2, 0.25) is 0 Å². The molecule has 17 heavy (non-hydrogen) atoms. The molecule has 1 rings (SSSR count). The minimum Gasteiger partial charge on any atom is -0.390 e. The SMILES string of the molecule is CO[C@H]1OC(CN=[N+]=[N-])[C@H](O)C(O)C1N=[N+]=[N-]. The van der Waals surface area contributed by atoms with Crippen molar-refractivity contribution in [3.8, 4) is 0 Å². The highest BCUT2D eigenvalue weighted by atomic mass is 16.7. The predicted molar refractivity (Wildman–Crippen MR) is 54.6 cm³/mol. The van der Waals surface area contributed by atoms with Crippen molar-refractivity contribution in [1.29, 1.82) is 0 Å². The fraction of sp³-hybridized carbons (Fsp3) is 1.00. The van der Waals surface area contributed by atoms with Crippen molar-refractivity contribution >= 4 is 0 Å². The molecule has 10 heteroatoms. The predicted octanol–water partition coefficient (Wildman–Crippen LogP) is 0.0687. The maximum atomic E-state index is 9.73. The van der Waals surface area contributed by atoms with Crippen molar-refractivity contribution in [1.82, 2.24) is 0 Å². The third-order valence-electron chi connectivity index (χ3n) is 2.41. The molecule has 0 bridgehead atoms. The van der Waals surface area contributed by atoms with Crippen LogP contribution >= 0.6 is 0 Å². The number of hydrogen-bond donors (Lipinski definition) is 2. The molecule has 5 atom stereocenters. The van der Waals surface area contributed by atoms with E-state index in [2.05, 4.69) is 20.1 Å². The Bertz CT molecular complexity index is 348. The molecule has 0 aromatic rings. The van der Waals surface area contributed by atoms with Gasteiger partial charge in [0.05, 0.1) is 18.8 Å². The minimum absolute atomic E-state index is 0.155. The molecule has 0 aliphatic carbocycles. The zero-order chi connectivity index (χ0) is 12.8. The molecule has 0 saturated carbocycles. The highest BCUT2D eigenvalue weighted by Crippen LogP contribution is 2.24. The van der Waals surface area contributed by atoms with Crippen LogP contribution in [-0.2, 0) is 9.47 Å². The summed E-state index contributed by atoms with van der Waals surface area (Å²) in [7, 11) is 1.31. The van der Waals surface area contributed by atoms with Crippen LogP contribution in [0.25, 0.3) is 20.9 Å². The standard InChI is InChI=1S/C7H12N6O4/c1-16-7-4(11-13-9)6(15)5(14)3(17-7)2-10-12-8/h3-7,14-15H,2H2,1H3/t3?,4?,5-,6?,7-/m0/s1. The first-order valence-corrected chi connectivity index (χ1v) is 4.75. The average molecular weight is 244 g/mol. The molecule has 2 N–H and O–H groups in total. The normalized spacial score (nSPS) is 36.8. The van der Waals surface area contributed by atoms with Crippen LogP contribution in [0, 0.1) is 0 Å². The molecule has 94 valence electrons. The number of aliphatic hydroxyl groups excluding tert-OH is 2. The van der Waals surface area contributed by atoms with E-state index >= 15 is 0 Å². The molecule has 1 fully saturated rings. The van der Waals surface area contributed by atoms with Crippen molar-refractivity contribution in [3.63, 3.8) is 0 Å². The molecule has 1 aliphatic heterocycles. The largest absolute Gasteiger partial charge is 0.390 e. The topological polar surface area (TPSA) is 156 Å². The first kappa shape index (κ1) is 13.5. The summed E-state index contributed by atoms with van der Waals surface area (Å²) in [5.41, 5.74) is 16.5. The summed E-state index contributed by atoms with van der Waals surface area (Å²) >= 11 is 0. The second kappa shape index (κ2) is 6.26. The highest BCUT2D eigenvalue weighted by molar-refractivity contribution is 4.94. The smallest absolute Gasteiger partial charge is 0.168 e. The molecule has 3 unspecified atom stereocenters. The Labute approximate surface area is 96.0 Å². The van der Waals surface area contributed by atoms with Crippen molar-refractivity contribution < 1.29 is 19.7 Å². The van der Waals surface area contributed by atoms with E-state index in [0.717, 1.165) is 0 Å². The van der Waals surface area contributed by atoms with E-state index < -0.39 is 30.6 Å². The second-order valence-corrected chi connectivity index (χ2v) is 3.37. The maximum Gasteiger partial charge on any atom is 0.168 e. The van der Waals surface area contributed by atoms with Gasteiger partial charge in [0, 0.05) is 16.9 Å². The Morgan fingerprint density at radius 3 is 2.53 bits per heavy atom. The van der Waals surface area contributed by atoms with Gasteiger partial charge in [-0.15, -0.1) is 0 Å². The van der Waals surface area contributed by atoms with Gasteiger partial charge in [-0.3, -0.25) is 0 Å². The van der Waals surface area contributed by atoms with Crippen LogP contribution in [0.3, 0.4) is 0 Å². The number of rotatable bonds is 4. The van der Waals surface area contributed by atoms with Gasteiger partial charge >= 0.3 is 0 Å². The molecule has 0 spiro atoms. The molecule has 10 nitrogen and oxygen atoms in total. The lowest BCUT2D eigenvalue weighted by molar-refractivity contribution is -0.248. The summed E-state index contributed by atoms with van der Waals surface area (Å²) in [4.78, 5) is 5.07. The third-order valence-corrected chi connectivity index (χ3v) is 2.41. The third kappa shape index (κ3) is 2.98. The van der Waals surface area contributed by atoms with E-state index in [1.165, 1.54) is 7.11 Å². The summed E-state index contributed by atoms with van der Waals surface area (Å²) < 4.78 is 10.1. The van der Waals surface area contributed by atoms with Crippen molar-refractivity contribution in [2.24, 2.45) is 10.2 Å². The van der Waals surface area contributed by atoms with Gasteiger partial charge in [-0.2, -0.15) is 0 Å². The van der Waals surface area contributed by atoms with E-state index in [-0.39, 0.29) is 6.54 Å². The quantitative estimate of drug-likeness (QED) is 0.407. The van der Waals surface area contributed by atoms with Crippen LogP contribution < -0.4 is 0 Å². The maximum absolute atomic E-state index is 9.73. The molecule has 1 saturated heterocycles. The fourth-order valence-electron chi connectivity index (χ4n) is 1.56. The van der Waals surface area contributed by atoms with Crippen LogP contribution in [-0.4, -0.2) is 54.5 Å². The number of hydrogen-bond acceptors (Lipinski definition) is 6. The average Bonchev–Trinajstić information content (AvgIpc) is 2.34. The van der Waals surface area contributed by atoms with Gasteiger partial charge in [-0.25, -0.2) is 0 Å². The summed E-state index contributed by atoms with van der Waals surface area (Å²) in [6.45, 7) is -0.155. The van der Waals surface area contributed by atoms with E-state index in [1.807, 2.05) is 0 Å². The van der Waals surface area contributed by atoms with E-state index in [4.69, 9.17) is 20.5 Å². The Balaban J connectivity index is 2.84. The Morgan fingerprint density at radius 1 is 1.29 bits per heavy atom. The van der Waals surface area contributed by atoms with Gasteiger partial charge in [0.25, 0.3) is 0 Å². The van der Waals surface area contributed by atoms with Gasteiger partial charge in [0.1, 0.15) is 12.1 Å². The van der Waals surface area contributed by atoms with Crippen LogP contribution in [0.4, 0.5) is 0 Å². The first-order valence-electron chi connectivity index (χ1n) is 4.75. The van der Waals surface area contributed by atoms with Crippen molar-refractivity contribution in [3.05, 3.63) is 20.9 Å². The number of ether oxygens (including phenoxy) is 2. The molecular weight excluding hydrogens is 232 g/mol. The summed E-state index contributed by atoms with van der Waals surface area (Å²) in [6.07, 6.45) is -4.56. The van der Waals surface area contributed by atoms with Crippen LogP contribution in [0.2, 0.25) is 0 Å². The zero-order valence-corrected chi connectivity index (χ0v) is 8.99. The van der Waals surface area contributed by atoms with Gasteiger partial charge in [-0.05, 0) is 11.1 Å². The highest BCUT2D eigenvalue weighted by Gasteiger charge is 2.43. The molecule has 0 aromatic heterocycles. The summed E-state index contributed by atoms with van der Waals surface area (Å²) in [6, 6.07) is -1.05. The molecule has 0 aromatic carbocycles. The Hall–Kier alpha value is -1.54.